The molecule has 0 aliphatic heterocycles. The maximum atomic E-state index is 13.8. The van der Waals surface area contributed by atoms with Crippen molar-refractivity contribution in [3.63, 3.8) is 0 Å². The van der Waals surface area contributed by atoms with Gasteiger partial charge < -0.3 is 9.88 Å². The number of likely N-dealkylation sites (N-methyl/N-ethyl adjacent to an activating group) is 1. The van der Waals surface area contributed by atoms with E-state index >= 15 is 0 Å². The Morgan fingerprint density at radius 3 is 2.67 bits per heavy atom. The second kappa shape index (κ2) is 6.68. The van der Waals surface area contributed by atoms with E-state index in [4.69, 9.17) is 0 Å². The molecule has 1 unspecified atom stereocenters. The van der Waals surface area contributed by atoms with Gasteiger partial charge in [-0.25, -0.2) is 14.4 Å². The lowest BCUT2D eigenvalue weighted by molar-refractivity contribution is -0.144. The Morgan fingerprint density at radius 1 is 1.07 bits per heavy atom. The second-order valence-corrected chi connectivity index (χ2v) is 7.67. The second-order valence-electron chi connectivity index (χ2n) is 7.67. The number of aryl methyl sites for hydroxylation is 1. The highest BCUT2D eigenvalue weighted by atomic mass is 19.4. The van der Waals surface area contributed by atoms with Crippen LogP contribution in [0, 0.1) is 5.82 Å². The lowest BCUT2D eigenvalue weighted by atomic mass is 9.90. The van der Waals surface area contributed by atoms with Gasteiger partial charge in [0.15, 0.2) is 0 Å². The molecule has 2 aromatic heterocycles. The third kappa shape index (κ3) is 3.07. The van der Waals surface area contributed by atoms with Gasteiger partial charge in [0, 0.05) is 35.1 Å². The summed E-state index contributed by atoms with van der Waals surface area (Å²) < 4.78 is 53.9. The molecule has 0 saturated carbocycles. The van der Waals surface area contributed by atoms with Gasteiger partial charge >= 0.3 is 6.18 Å². The number of fused-ring (bicyclic) bond motifs is 4. The maximum absolute atomic E-state index is 13.8. The average Bonchev–Trinajstić information content (AvgIpc) is 3.09. The summed E-state index contributed by atoms with van der Waals surface area (Å²) in [6.07, 6.45) is -2.56. The number of alkyl halides is 3. The first-order valence-corrected chi connectivity index (χ1v) is 9.67. The molecule has 1 atom stereocenters. The van der Waals surface area contributed by atoms with Crippen LogP contribution >= 0.6 is 0 Å². The molecule has 1 aliphatic rings. The van der Waals surface area contributed by atoms with Gasteiger partial charge in [-0.1, -0.05) is 12.1 Å². The van der Waals surface area contributed by atoms with Crippen LogP contribution in [0.5, 0.6) is 0 Å². The predicted molar refractivity (Wildman–Crippen MR) is 107 cm³/mol. The number of benzene rings is 2. The molecule has 4 aromatic rings. The van der Waals surface area contributed by atoms with Crippen LogP contribution in [0.1, 0.15) is 23.5 Å². The highest BCUT2D eigenvalue weighted by Gasteiger charge is 2.36. The molecule has 0 saturated heterocycles. The molecular formula is C22H18F4N4. The molecule has 2 aromatic carbocycles. The standard InChI is InChI=1S/C22H18F4N4/c1-30(20-14-4-2-3-5-17(14)28-21(29-20)22(24,25)26)13-7-9-19-16(11-13)15-10-12(23)6-8-18(15)27-19/h2-6,8,10,13,27H,7,9,11H2,1H3. The summed E-state index contributed by atoms with van der Waals surface area (Å²) in [6, 6.07) is 11.3. The van der Waals surface area contributed by atoms with E-state index in [1.165, 1.54) is 12.1 Å². The Balaban J connectivity index is 1.57. The molecule has 0 amide bonds. The van der Waals surface area contributed by atoms with Crippen molar-refractivity contribution in [3.05, 3.63) is 65.4 Å². The number of hydrogen-bond donors (Lipinski definition) is 1. The number of aromatic amines is 1. The van der Waals surface area contributed by atoms with Crippen molar-refractivity contribution in [1.82, 2.24) is 15.0 Å². The molecule has 2 heterocycles. The zero-order valence-corrected chi connectivity index (χ0v) is 16.1. The molecular weight excluding hydrogens is 396 g/mol. The van der Waals surface area contributed by atoms with E-state index in [1.54, 1.807) is 42.3 Å². The Kier molecular flexibility index (Phi) is 4.20. The highest BCUT2D eigenvalue weighted by Crippen LogP contribution is 2.35. The number of halogens is 4. The SMILES string of the molecule is CN(c1nc(C(F)(F)F)nc2ccccc12)C1CCc2[nH]c3ccc(F)cc3c2C1. The van der Waals surface area contributed by atoms with Crippen LogP contribution in [0.2, 0.25) is 0 Å². The van der Waals surface area contributed by atoms with Crippen LogP contribution < -0.4 is 4.90 Å². The number of hydrogen-bond acceptors (Lipinski definition) is 3. The van der Waals surface area contributed by atoms with Crippen molar-refractivity contribution in [2.24, 2.45) is 0 Å². The highest BCUT2D eigenvalue weighted by molar-refractivity contribution is 5.90. The molecule has 5 rings (SSSR count). The number of H-pyrrole nitrogens is 1. The van der Waals surface area contributed by atoms with Gasteiger partial charge in [0.25, 0.3) is 0 Å². The minimum absolute atomic E-state index is 0.0702. The van der Waals surface area contributed by atoms with E-state index in [0.29, 0.717) is 11.8 Å². The first-order chi connectivity index (χ1) is 14.3. The summed E-state index contributed by atoms with van der Waals surface area (Å²) in [5, 5.41) is 1.40. The normalized spacial score (nSPS) is 16.8. The van der Waals surface area contributed by atoms with Crippen LogP contribution in [0.4, 0.5) is 23.4 Å². The number of rotatable bonds is 2. The molecule has 0 radical (unpaired) electrons. The van der Waals surface area contributed by atoms with Gasteiger partial charge in [0.2, 0.25) is 5.82 Å². The minimum atomic E-state index is -4.63. The number of aromatic nitrogens is 3. The Bertz CT molecular complexity index is 1260. The van der Waals surface area contributed by atoms with Crippen molar-refractivity contribution in [2.75, 3.05) is 11.9 Å². The van der Waals surface area contributed by atoms with Crippen molar-refractivity contribution >= 4 is 27.6 Å². The van der Waals surface area contributed by atoms with Crippen molar-refractivity contribution < 1.29 is 17.6 Å². The molecule has 1 N–H and O–H groups in total. The molecule has 154 valence electrons. The Labute approximate surface area is 169 Å². The lowest BCUT2D eigenvalue weighted by Crippen LogP contribution is -2.37. The predicted octanol–water partition coefficient (Wildman–Crippen LogP) is 5.26. The van der Waals surface area contributed by atoms with E-state index in [1.807, 2.05) is 0 Å². The minimum Gasteiger partial charge on any atom is -0.358 e. The lowest BCUT2D eigenvalue weighted by Gasteiger charge is -2.33. The van der Waals surface area contributed by atoms with E-state index in [2.05, 4.69) is 15.0 Å². The first-order valence-electron chi connectivity index (χ1n) is 9.67. The van der Waals surface area contributed by atoms with Crippen LogP contribution in [-0.4, -0.2) is 28.0 Å². The van der Waals surface area contributed by atoms with Gasteiger partial charge in [-0.05, 0) is 55.2 Å². The summed E-state index contributed by atoms with van der Waals surface area (Å²) in [5.41, 5.74) is 3.20. The number of para-hydroxylation sites is 1. The summed E-state index contributed by atoms with van der Waals surface area (Å²) in [7, 11) is 1.76. The zero-order valence-electron chi connectivity index (χ0n) is 16.1. The van der Waals surface area contributed by atoms with E-state index in [0.717, 1.165) is 35.0 Å². The number of anilines is 1. The van der Waals surface area contributed by atoms with Gasteiger partial charge in [-0.15, -0.1) is 0 Å². The van der Waals surface area contributed by atoms with Crippen LogP contribution in [0.15, 0.2) is 42.5 Å². The molecule has 4 nitrogen and oxygen atoms in total. The zero-order chi connectivity index (χ0) is 21.0. The van der Waals surface area contributed by atoms with Gasteiger partial charge in [-0.2, -0.15) is 13.2 Å². The van der Waals surface area contributed by atoms with Crippen LogP contribution in [0.25, 0.3) is 21.8 Å². The van der Waals surface area contributed by atoms with E-state index in [9.17, 15) is 17.6 Å². The van der Waals surface area contributed by atoms with Crippen molar-refractivity contribution in [2.45, 2.75) is 31.5 Å². The Hall–Kier alpha value is -3.16. The summed E-state index contributed by atoms with van der Waals surface area (Å²) in [5.74, 6) is -1.20. The fourth-order valence-corrected chi connectivity index (χ4v) is 4.33. The number of nitrogens with one attached hydrogen (secondary N) is 1. The molecule has 1 aliphatic carbocycles. The van der Waals surface area contributed by atoms with E-state index < -0.39 is 12.0 Å². The molecule has 0 fully saturated rings. The average molecular weight is 414 g/mol. The van der Waals surface area contributed by atoms with Crippen molar-refractivity contribution in [1.29, 1.82) is 0 Å². The van der Waals surface area contributed by atoms with Gasteiger partial charge in [0.05, 0.1) is 5.52 Å². The van der Waals surface area contributed by atoms with Crippen LogP contribution in [-0.2, 0) is 19.0 Å². The first kappa shape index (κ1) is 18.8. The van der Waals surface area contributed by atoms with E-state index in [-0.39, 0.29) is 23.2 Å². The smallest absolute Gasteiger partial charge is 0.358 e. The van der Waals surface area contributed by atoms with Crippen molar-refractivity contribution in [3.8, 4) is 0 Å². The fourth-order valence-electron chi connectivity index (χ4n) is 4.33. The quantitative estimate of drug-likeness (QED) is 0.455. The monoisotopic (exact) mass is 414 g/mol. The van der Waals surface area contributed by atoms with Gasteiger partial charge in [-0.3, -0.25) is 0 Å². The maximum Gasteiger partial charge on any atom is 0.451 e. The fraction of sp³-hybridized carbons (Fsp3) is 0.273. The Morgan fingerprint density at radius 2 is 1.87 bits per heavy atom. The summed E-state index contributed by atoms with van der Waals surface area (Å²) >= 11 is 0. The number of nitrogens with zero attached hydrogens (tertiary/aromatic N) is 3. The third-order valence-corrected chi connectivity index (χ3v) is 5.84. The molecule has 0 spiro atoms. The molecule has 0 bridgehead atoms. The molecule has 30 heavy (non-hydrogen) atoms. The molecule has 8 heteroatoms. The third-order valence-electron chi connectivity index (χ3n) is 5.84. The van der Waals surface area contributed by atoms with Gasteiger partial charge in [0.1, 0.15) is 11.6 Å². The summed E-state index contributed by atoms with van der Waals surface area (Å²) in [6.45, 7) is 0. The topological polar surface area (TPSA) is 44.8 Å². The summed E-state index contributed by atoms with van der Waals surface area (Å²) in [4.78, 5) is 12.7. The van der Waals surface area contributed by atoms with Crippen LogP contribution in [0.3, 0.4) is 0 Å². The largest absolute Gasteiger partial charge is 0.451 e.